The van der Waals surface area contributed by atoms with E-state index in [1.807, 2.05) is 0 Å². The van der Waals surface area contributed by atoms with Gasteiger partial charge in [-0.3, -0.25) is 0 Å². The molecule has 0 N–H and O–H groups in total. The van der Waals surface area contributed by atoms with Gasteiger partial charge in [-0.15, -0.1) is 0 Å². The molecule has 13 heavy (non-hydrogen) atoms. The lowest BCUT2D eigenvalue weighted by atomic mass is 9.80. The molecule has 0 amide bonds. The molecule has 0 aromatic heterocycles. The summed E-state index contributed by atoms with van der Waals surface area (Å²) in [6.07, 6.45) is 4.97. The van der Waals surface area contributed by atoms with Gasteiger partial charge in [0, 0.05) is 6.61 Å². The van der Waals surface area contributed by atoms with Crippen LogP contribution in [0.4, 0.5) is 0 Å². The lowest BCUT2D eigenvalue weighted by molar-refractivity contribution is 0.0235. The number of hydrogen-bond donors (Lipinski definition) is 0. The first-order valence-electron chi connectivity index (χ1n) is 4.81. The Hall–Kier alpha value is -0.810. The Balaban J connectivity index is 2.59. The number of nitriles is 1. The van der Waals surface area contributed by atoms with Crippen LogP contribution >= 0.6 is 0 Å². The van der Waals surface area contributed by atoms with Crippen molar-refractivity contribution in [1.29, 1.82) is 5.26 Å². The van der Waals surface area contributed by atoms with Crippen molar-refractivity contribution in [1.82, 2.24) is 0 Å². The third-order valence-corrected chi connectivity index (χ3v) is 2.46. The van der Waals surface area contributed by atoms with Crippen molar-refractivity contribution in [2.75, 3.05) is 13.2 Å². The van der Waals surface area contributed by atoms with Gasteiger partial charge in [-0.2, -0.15) is 5.26 Å². The largest absolute Gasteiger partial charge is 0.380 e. The SMILES string of the molecule is CC(C)=CCC1(C#N)CCCOC1. The van der Waals surface area contributed by atoms with Gasteiger partial charge < -0.3 is 4.74 Å². The highest BCUT2D eigenvalue weighted by Crippen LogP contribution is 2.32. The van der Waals surface area contributed by atoms with Crippen molar-refractivity contribution in [3.8, 4) is 6.07 Å². The minimum atomic E-state index is -0.241. The van der Waals surface area contributed by atoms with Crippen LogP contribution in [-0.2, 0) is 4.74 Å². The molecule has 1 unspecified atom stereocenters. The van der Waals surface area contributed by atoms with Crippen LogP contribution < -0.4 is 0 Å². The van der Waals surface area contributed by atoms with Crippen molar-refractivity contribution < 1.29 is 4.74 Å². The third kappa shape index (κ3) is 2.86. The maximum absolute atomic E-state index is 9.10. The van der Waals surface area contributed by atoms with E-state index in [9.17, 15) is 0 Å². The Morgan fingerprint density at radius 2 is 2.38 bits per heavy atom. The van der Waals surface area contributed by atoms with Crippen LogP contribution in [0.3, 0.4) is 0 Å². The first kappa shape index (κ1) is 10.3. The molecule has 1 atom stereocenters. The van der Waals surface area contributed by atoms with Crippen molar-refractivity contribution in [3.63, 3.8) is 0 Å². The molecule has 72 valence electrons. The second-order valence-corrected chi connectivity index (χ2v) is 4.03. The van der Waals surface area contributed by atoms with Crippen molar-refractivity contribution in [2.24, 2.45) is 5.41 Å². The Bertz CT molecular complexity index is 227. The highest BCUT2D eigenvalue weighted by Gasteiger charge is 2.31. The molecule has 0 spiro atoms. The van der Waals surface area contributed by atoms with Crippen molar-refractivity contribution in [3.05, 3.63) is 11.6 Å². The van der Waals surface area contributed by atoms with E-state index in [4.69, 9.17) is 10.00 Å². The second kappa shape index (κ2) is 4.43. The average molecular weight is 179 g/mol. The zero-order valence-corrected chi connectivity index (χ0v) is 8.47. The van der Waals surface area contributed by atoms with Gasteiger partial charge in [0.15, 0.2) is 0 Å². The number of allylic oxidation sites excluding steroid dienone is 2. The van der Waals surface area contributed by atoms with Gasteiger partial charge in [0.2, 0.25) is 0 Å². The van der Waals surface area contributed by atoms with Gasteiger partial charge in [0.1, 0.15) is 0 Å². The number of ether oxygens (including phenoxy) is 1. The lowest BCUT2D eigenvalue weighted by Gasteiger charge is -2.29. The molecular formula is C11H17NO. The fourth-order valence-electron chi connectivity index (χ4n) is 1.55. The molecule has 0 aromatic rings. The molecule has 0 aromatic carbocycles. The van der Waals surface area contributed by atoms with E-state index in [1.54, 1.807) is 0 Å². The predicted octanol–water partition coefficient (Wildman–Crippen LogP) is 2.66. The molecule has 0 radical (unpaired) electrons. The summed E-state index contributed by atoms with van der Waals surface area (Å²) < 4.78 is 5.36. The normalized spacial score (nSPS) is 27.8. The first-order valence-corrected chi connectivity index (χ1v) is 4.81. The van der Waals surface area contributed by atoms with E-state index >= 15 is 0 Å². The molecular weight excluding hydrogens is 162 g/mol. The van der Waals surface area contributed by atoms with E-state index < -0.39 is 0 Å². The van der Waals surface area contributed by atoms with E-state index in [1.165, 1.54) is 5.57 Å². The first-order chi connectivity index (χ1) is 6.18. The van der Waals surface area contributed by atoms with Gasteiger partial charge in [-0.1, -0.05) is 11.6 Å². The van der Waals surface area contributed by atoms with Crippen LogP contribution in [0.2, 0.25) is 0 Å². The predicted molar refractivity (Wildman–Crippen MR) is 52.1 cm³/mol. The van der Waals surface area contributed by atoms with Crippen LogP contribution in [0.25, 0.3) is 0 Å². The summed E-state index contributed by atoms with van der Waals surface area (Å²) in [5.41, 5.74) is 1.04. The number of hydrogen-bond acceptors (Lipinski definition) is 2. The smallest absolute Gasteiger partial charge is 0.0842 e. The monoisotopic (exact) mass is 179 g/mol. The van der Waals surface area contributed by atoms with Crippen molar-refractivity contribution in [2.45, 2.75) is 33.1 Å². The Morgan fingerprint density at radius 3 is 2.85 bits per heavy atom. The van der Waals surface area contributed by atoms with E-state index in [0.29, 0.717) is 6.61 Å². The highest BCUT2D eigenvalue weighted by atomic mass is 16.5. The highest BCUT2D eigenvalue weighted by molar-refractivity contribution is 5.07. The maximum atomic E-state index is 9.10. The molecule has 1 rings (SSSR count). The Labute approximate surface area is 80.2 Å². The van der Waals surface area contributed by atoms with E-state index in [0.717, 1.165) is 25.9 Å². The summed E-state index contributed by atoms with van der Waals surface area (Å²) in [6, 6.07) is 2.40. The van der Waals surface area contributed by atoms with E-state index in [-0.39, 0.29) is 5.41 Å². The van der Waals surface area contributed by atoms with Gasteiger partial charge in [0.25, 0.3) is 0 Å². The van der Waals surface area contributed by atoms with Crippen LogP contribution in [0.5, 0.6) is 0 Å². The van der Waals surface area contributed by atoms with E-state index in [2.05, 4.69) is 26.0 Å². The standard InChI is InChI=1S/C11H17NO/c1-10(2)4-6-11(8-12)5-3-7-13-9-11/h4H,3,5-7,9H2,1-2H3. The second-order valence-electron chi connectivity index (χ2n) is 4.03. The molecule has 2 heteroatoms. The minimum Gasteiger partial charge on any atom is -0.380 e. The topological polar surface area (TPSA) is 33.0 Å². The fourth-order valence-corrected chi connectivity index (χ4v) is 1.55. The van der Waals surface area contributed by atoms with Crippen LogP contribution in [-0.4, -0.2) is 13.2 Å². The summed E-state index contributed by atoms with van der Waals surface area (Å²) in [5, 5.41) is 9.10. The Morgan fingerprint density at radius 1 is 1.62 bits per heavy atom. The third-order valence-electron chi connectivity index (χ3n) is 2.46. The quantitative estimate of drug-likeness (QED) is 0.610. The van der Waals surface area contributed by atoms with Gasteiger partial charge in [-0.25, -0.2) is 0 Å². The average Bonchev–Trinajstić information content (AvgIpc) is 2.16. The molecule has 1 aliphatic rings. The molecule has 1 heterocycles. The van der Waals surface area contributed by atoms with Gasteiger partial charge >= 0.3 is 0 Å². The van der Waals surface area contributed by atoms with Crippen LogP contribution in [0.15, 0.2) is 11.6 Å². The summed E-state index contributed by atoms with van der Waals surface area (Å²) in [6.45, 7) is 5.55. The number of nitrogens with zero attached hydrogens (tertiary/aromatic N) is 1. The summed E-state index contributed by atoms with van der Waals surface area (Å²) in [4.78, 5) is 0. The molecule has 2 nitrogen and oxygen atoms in total. The van der Waals surface area contributed by atoms with Crippen LogP contribution in [0.1, 0.15) is 33.1 Å². The number of rotatable bonds is 2. The zero-order chi connectivity index (χ0) is 9.73. The molecule has 0 aliphatic carbocycles. The van der Waals surface area contributed by atoms with Gasteiger partial charge in [-0.05, 0) is 33.1 Å². The maximum Gasteiger partial charge on any atom is 0.0842 e. The lowest BCUT2D eigenvalue weighted by Crippen LogP contribution is -2.29. The molecule has 1 aliphatic heterocycles. The van der Waals surface area contributed by atoms with Crippen molar-refractivity contribution >= 4 is 0 Å². The summed E-state index contributed by atoms with van der Waals surface area (Å²) >= 11 is 0. The minimum absolute atomic E-state index is 0.241. The molecule has 1 fully saturated rings. The molecule has 1 saturated heterocycles. The fraction of sp³-hybridized carbons (Fsp3) is 0.727. The molecule has 0 saturated carbocycles. The summed E-state index contributed by atoms with van der Waals surface area (Å²) in [5.74, 6) is 0. The van der Waals surface area contributed by atoms with Crippen LogP contribution in [0, 0.1) is 16.7 Å². The Kier molecular flexibility index (Phi) is 3.50. The van der Waals surface area contributed by atoms with Gasteiger partial charge in [0.05, 0.1) is 18.1 Å². The molecule has 0 bridgehead atoms. The zero-order valence-electron chi connectivity index (χ0n) is 8.47. The summed E-state index contributed by atoms with van der Waals surface area (Å²) in [7, 11) is 0.